The van der Waals surface area contributed by atoms with Crippen LogP contribution in [0.25, 0.3) is 27.6 Å². The average molecular weight is 503 g/mol. The predicted molar refractivity (Wildman–Crippen MR) is 135 cm³/mol. The zero-order valence-corrected chi connectivity index (χ0v) is 19.4. The molecule has 0 aliphatic heterocycles. The molecule has 0 aliphatic carbocycles. The number of nitro benzene ring substituents is 1. The summed E-state index contributed by atoms with van der Waals surface area (Å²) in [7, 11) is 0. The van der Waals surface area contributed by atoms with E-state index in [1.54, 1.807) is 36.4 Å². The Bertz CT molecular complexity index is 1610. The molecule has 0 amide bonds. The van der Waals surface area contributed by atoms with Gasteiger partial charge in [-0.15, -0.1) is 16.5 Å². The number of azo groups is 1. The Hall–Kier alpha value is -4.41. The number of benzene rings is 3. The fourth-order valence-electron chi connectivity index (χ4n) is 3.36. The first-order valence-electron chi connectivity index (χ1n) is 10.3. The van der Waals surface area contributed by atoms with E-state index in [-0.39, 0.29) is 11.4 Å². The highest BCUT2D eigenvalue weighted by Gasteiger charge is 2.20. The topological polar surface area (TPSA) is 119 Å². The molecule has 0 aliphatic rings. The molecule has 1 N–H and O–H groups in total. The number of hydrogen-bond donors (Lipinski definition) is 1. The van der Waals surface area contributed by atoms with Crippen molar-refractivity contribution in [1.29, 1.82) is 0 Å². The maximum absolute atomic E-state index is 13.4. The van der Waals surface area contributed by atoms with Gasteiger partial charge in [-0.2, -0.15) is 9.80 Å². The summed E-state index contributed by atoms with van der Waals surface area (Å²) in [6, 6.07) is 22.2. The second kappa shape index (κ2) is 9.45. The van der Waals surface area contributed by atoms with Gasteiger partial charge in [-0.3, -0.25) is 20.0 Å². The van der Waals surface area contributed by atoms with Gasteiger partial charge in [0.25, 0.3) is 5.69 Å². The van der Waals surface area contributed by atoms with Crippen molar-refractivity contribution in [2.24, 2.45) is 10.2 Å². The molecule has 172 valence electrons. The lowest BCUT2D eigenvalue weighted by molar-refractivity contribution is -0.384. The number of non-ortho nitro benzene ring substituents is 1. The largest absolute Gasteiger partial charge is 0.301 e. The van der Waals surface area contributed by atoms with Crippen LogP contribution < -0.4 is 5.56 Å². The van der Waals surface area contributed by atoms with Crippen molar-refractivity contribution in [3.8, 4) is 27.6 Å². The number of nitrogens with one attached hydrogen (secondary N) is 1. The second-order valence-electron chi connectivity index (χ2n) is 7.34. The number of nitro groups is 1. The second-order valence-corrected chi connectivity index (χ2v) is 8.61. The molecule has 0 bridgehead atoms. The summed E-state index contributed by atoms with van der Waals surface area (Å²) < 4.78 is 1.29. The smallest absolute Gasteiger partial charge is 0.286 e. The molecule has 0 spiro atoms. The van der Waals surface area contributed by atoms with Gasteiger partial charge < -0.3 is 0 Å². The van der Waals surface area contributed by atoms with E-state index in [1.165, 1.54) is 28.2 Å². The van der Waals surface area contributed by atoms with Crippen molar-refractivity contribution in [3.63, 3.8) is 0 Å². The lowest BCUT2D eigenvalue weighted by Crippen LogP contribution is -2.13. The monoisotopic (exact) mass is 502 g/mol. The predicted octanol–water partition coefficient (Wildman–Crippen LogP) is 6.93. The molecule has 5 rings (SSSR count). The molecule has 11 heteroatoms. The van der Waals surface area contributed by atoms with Crippen LogP contribution in [-0.2, 0) is 0 Å². The molecule has 0 unspecified atom stereocenters. The molecule has 9 nitrogen and oxygen atoms in total. The van der Waals surface area contributed by atoms with Crippen LogP contribution >= 0.6 is 22.9 Å². The van der Waals surface area contributed by atoms with Crippen LogP contribution in [0.4, 0.5) is 17.1 Å². The lowest BCUT2D eigenvalue weighted by Gasteiger charge is -2.00. The van der Waals surface area contributed by atoms with Crippen molar-refractivity contribution in [3.05, 3.63) is 110 Å². The van der Waals surface area contributed by atoms with E-state index in [9.17, 15) is 14.9 Å². The van der Waals surface area contributed by atoms with E-state index in [0.717, 1.165) is 11.3 Å². The summed E-state index contributed by atoms with van der Waals surface area (Å²) in [5, 5.41) is 25.2. The van der Waals surface area contributed by atoms with Gasteiger partial charge in [0.2, 0.25) is 5.13 Å². The maximum Gasteiger partial charge on any atom is 0.301 e. The average Bonchev–Trinajstić information content (AvgIpc) is 3.48. The van der Waals surface area contributed by atoms with Crippen molar-refractivity contribution < 1.29 is 4.92 Å². The fraction of sp³-hybridized carbons (Fsp3) is 0. The Morgan fingerprint density at radius 1 is 0.971 bits per heavy atom. The Morgan fingerprint density at radius 3 is 2.46 bits per heavy atom. The van der Waals surface area contributed by atoms with Crippen molar-refractivity contribution >= 4 is 40.0 Å². The SMILES string of the molecule is O=c1c(N=Nc2cccc(Cl)c2)c(-c2ccc([N+](=O)[O-])cc2)[nH]n1-c1nc(-c2ccccc2)cs1. The highest BCUT2D eigenvalue weighted by Crippen LogP contribution is 2.31. The standard InChI is InChI=1S/C24H15ClN6O3S/c25-17-7-4-8-18(13-17)27-28-22-21(16-9-11-19(12-10-16)31(33)34)29-30(23(22)32)24-26-20(14-35-24)15-5-2-1-3-6-15/h1-14,29H. The summed E-state index contributed by atoms with van der Waals surface area (Å²) in [5.41, 5.74) is 2.52. The van der Waals surface area contributed by atoms with Crippen LogP contribution in [0.2, 0.25) is 5.02 Å². The number of aromatic amines is 1. The lowest BCUT2D eigenvalue weighted by atomic mass is 10.1. The fourth-order valence-corrected chi connectivity index (χ4v) is 4.34. The number of halogens is 1. The van der Waals surface area contributed by atoms with Crippen molar-refractivity contribution in [1.82, 2.24) is 14.8 Å². The van der Waals surface area contributed by atoms with E-state index < -0.39 is 10.5 Å². The molecular formula is C24H15ClN6O3S. The number of nitrogens with zero attached hydrogens (tertiary/aromatic N) is 5. The van der Waals surface area contributed by atoms with Crippen molar-refractivity contribution in [2.75, 3.05) is 0 Å². The van der Waals surface area contributed by atoms with Gasteiger partial charge in [0.1, 0.15) is 0 Å². The molecule has 0 radical (unpaired) electrons. The van der Waals surface area contributed by atoms with Gasteiger partial charge in [0, 0.05) is 33.7 Å². The first-order chi connectivity index (χ1) is 17.0. The van der Waals surface area contributed by atoms with Crippen LogP contribution in [-0.4, -0.2) is 19.7 Å². The molecule has 0 fully saturated rings. The summed E-state index contributed by atoms with van der Waals surface area (Å²) >= 11 is 7.32. The molecule has 3 aromatic carbocycles. The van der Waals surface area contributed by atoms with Gasteiger partial charge in [-0.25, -0.2) is 4.98 Å². The molecular weight excluding hydrogens is 488 g/mol. The molecule has 2 aromatic heterocycles. The number of rotatable bonds is 6. The quantitative estimate of drug-likeness (QED) is 0.154. The number of hydrogen-bond acceptors (Lipinski definition) is 7. The zero-order valence-electron chi connectivity index (χ0n) is 17.8. The third kappa shape index (κ3) is 4.65. The third-order valence-electron chi connectivity index (χ3n) is 5.06. The Balaban J connectivity index is 1.61. The summed E-state index contributed by atoms with van der Waals surface area (Å²) in [5.74, 6) is 0. The summed E-state index contributed by atoms with van der Waals surface area (Å²) in [6.45, 7) is 0. The van der Waals surface area contributed by atoms with Gasteiger partial charge >= 0.3 is 5.56 Å². The minimum atomic E-state index is -0.488. The minimum Gasteiger partial charge on any atom is -0.286 e. The van der Waals surface area contributed by atoms with Crippen LogP contribution in [0.3, 0.4) is 0 Å². The number of aromatic nitrogens is 3. The number of thiazole rings is 1. The first-order valence-corrected chi connectivity index (χ1v) is 11.5. The highest BCUT2D eigenvalue weighted by atomic mass is 35.5. The number of H-pyrrole nitrogens is 1. The van der Waals surface area contributed by atoms with Crippen molar-refractivity contribution in [2.45, 2.75) is 0 Å². The Kier molecular flexibility index (Phi) is 6.04. The van der Waals surface area contributed by atoms with E-state index in [0.29, 0.717) is 27.1 Å². The normalized spacial score (nSPS) is 11.2. The molecule has 2 heterocycles. The van der Waals surface area contributed by atoms with E-state index in [2.05, 4.69) is 20.3 Å². The Morgan fingerprint density at radius 2 is 1.74 bits per heavy atom. The zero-order chi connectivity index (χ0) is 24.4. The maximum atomic E-state index is 13.4. The van der Waals surface area contributed by atoms with E-state index in [4.69, 9.17) is 11.6 Å². The minimum absolute atomic E-state index is 0.0373. The van der Waals surface area contributed by atoms with Gasteiger partial charge in [0.15, 0.2) is 5.69 Å². The van der Waals surface area contributed by atoms with E-state index in [1.807, 2.05) is 35.7 Å². The van der Waals surface area contributed by atoms with Gasteiger partial charge in [-0.05, 0) is 30.3 Å². The molecule has 0 saturated heterocycles. The molecule has 35 heavy (non-hydrogen) atoms. The first kappa shape index (κ1) is 22.4. The van der Waals surface area contributed by atoms with Crippen LogP contribution in [0.5, 0.6) is 0 Å². The summed E-state index contributed by atoms with van der Waals surface area (Å²) in [4.78, 5) is 28.6. The van der Waals surface area contributed by atoms with Crippen LogP contribution in [0, 0.1) is 10.1 Å². The third-order valence-corrected chi connectivity index (χ3v) is 6.12. The highest BCUT2D eigenvalue weighted by molar-refractivity contribution is 7.12. The van der Waals surface area contributed by atoms with Gasteiger partial charge in [0.05, 0.1) is 22.0 Å². The van der Waals surface area contributed by atoms with Crippen LogP contribution in [0.15, 0.2) is 99.3 Å². The molecule has 5 aromatic rings. The molecule has 0 saturated carbocycles. The van der Waals surface area contributed by atoms with E-state index >= 15 is 0 Å². The summed E-state index contributed by atoms with van der Waals surface area (Å²) in [6.07, 6.45) is 0. The van der Waals surface area contributed by atoms with Gasteiger partial charge in [-0.1, -0.05) is 48.0 Å². The Labute approximate surface area is 207 Å². The molecule has 0 atom stereocenters. The van der Waals surface area contributed by atoms with Crippen LogP contribution in [0.1, 0.15) is 0 Å².